The molecule has 1 aromatic rings. The van der Waals surface area contributed by atoms with Crippen molar-refractivity contribution in [1.82, 2.24) is 5.32 Å². The van der Waals surface area contributed by atoms with Crippen LogP contribution in [0.3, 0.4) is 0 Å². The number of rotatable bonds is 6. The number of primary amides is 1. The van der Waals surface area contributed by atoms with Gasteiger partial charge in [0.05, 0.1) is 0 Å². The second kappa shape index (κ2) is 5.36. The van der Waals surface area contributed by atoms with E-state index < -0.39 is 11.4 Å². The minimum absolute atomic E-state index is 0.149. The van der Waals surface area contributed by atoms with Crippen LogP contribution in [0.4, 0.5) is 0 Å². The maximum atomic E-state index is 11.5. The lowest BCUT2D eigenvalue weighted by Gasteiger charge is -2.26. The van der Waals surface area contributed by atoms with Crippen LogP contribution in [0.5, 0.6) is 17.2 Å². The van der Waals surface area contributed by atoms with Gasteiger partial charge < -0.3 is 25.3 Å². The zero-order chi connectivity index (χ0) is 13.9. The fraction of sp³-hybridized carbons (Fsp3) is 0.462. The van der Waals surface area contributed by atoms with Crippen molar-refractivity contribution in [3.63, 3.8) is 0 Å². The summed E-state index contributed by atoms with van der Waals surface area (Å²) in [5.74, 6) is 1.49. The molecule has 0 spiro atoms. The largest absolute Gasteiger partial charge is 0.491 e. The van der Waals surface area contributed by atoms with Gasteiger partial charge in [-0.3, -0.25) is 4.79 Å². The van der Waals surface area contributed by atoms with E-state index in [9.17, 15) is 4.79 Å². The van der Waals surface area contributed by atoms with Gasteiger partial charge in [0.2, 0.25) is 12.7 Å². The molecule has 0 fully saturated rings. The molecule has 6 nitrogen and oxygen atoms in total. The molecular formula is C13H18N2O4. The van der Waals surface area contributed by atoms with Crippen molar-refractivity contribution in [2.75, 3.05) is 19.9 Å². The molecule has 3 N–H and O–H groups in total. The van der Waals surface area contributed by atoms with E-state index in [2.05, 4.69) is 5.32 Å². The number of hydrogen-bond acceptors (Lipinski definition) is 5. The molecule has 1 heterocycles. The Bertz CT molecular complexity index is 478. The van der Waals surface area contributed by atoms with E-state index >= 15 is 0 Å². The molecule has 0 saturated carbocycles. The lowest BCUT2D eigenvalue weighted by Crippen LogP contribution is -2.57. The van der Waals surface area contributed by atoms with E-state index in [0.29, 0.717) is 23.8 Å². The van der Waals surface area contributed by atoms with Gasteiger partial charge >= 0.3 is 0 Å². The molecule has 1 amide bonds. The van der Waals surface area contributed by atoms with Gasteiger partial charge in [-0.2, -0.15) is 0 Å². The number of ether oxygens (including phenoxy) is 3. The number of hydrogen-bond donors (Lipinski definition) is 2. The molecule has 1 aliphatic rings. The average Bonchev–Trinajstić information content (AvgIpc) is 2.84. The molecule has 0 aromatic heterocycles. The second-order valence-corrected chi connectivity index (χ2v) is 4.53. The van der Waals surface area contributed by atoms with Crippen LogP contribution in [-0.4, -0.2) is 31.4 Å². The summed E-state index contributed by atoms with van der Waals surface area (Å²) < 4.78 is 16.1. The third kappa shape index (κ3) is 2.90. The number of nitrogens with one attached hydrogen (secondary N) is 1. The summed E-state index contributed by atoms with van der Waals surface area (Å²) in [4.78, 5) is 11.5. The Morgan fingerprint density at radius 2 is 2.21 bits per heavy atom. The molecule has 0 saturated heterocycles. The predicted molar refractivity (Wildman–Crippen MR) is 69.3 cm³/mol. The van der Waals surface area contributed by atoms with E-state index in [0.717, 1.165) is 0 Å². The van der Waals surface area contributed by atoms with Crippen molar-refractivity contribution in [3.05, 3.63) is 18.2 Å². The van der Waals surface area contributed by atoms with Gasteiger partial charge in [0.15, 0.2) is 11.5 Å². The van der Waals surface area contributed by atoms with Gasteiger partial charge in [-0.25, -0.2) is 0 Å². The van der Waals surface area contributed by atoms with Crippen molar-refractivity contribution in [2.24, 2.45) is 5.73 Å². The van der Waals surface area contributed by atoms with Gasteiger partial charge in [0.1, 0.15) is 17.9 Å². The van der Waals surface area contributed by atoms with Crippen LogP contribution in [0.2, 0.25) is 0 Å². The zero-order valence-electron chi connectivity index (χ0n) is 11.1. The Kier molecular flexibility index (Phi) is 3.80. The third-order valence-corrected chi connectivity index (χ3v) is 2.98. The number of carbonyl (C=O) groups excluding carboxylic acids is 1. The number of likely N-dealkylation sites (N-methyl/N-ethyl adjacent to an activating group) is 1. The lowest BCUT2D eigenvalue weighted by molar-refractivity contribution is -0.124. The lowest BCUT2D eigenvalue weighted by atomic mass is 10.0. The zero-order valence-corrected chi connectivity index (χ0v) is 11.1. The van der Waals surface area contributed by atoms with Gasteiger partial charge in [-0.05, 0) is 25.6 Å². The van der Waals surface area contributed by atoms with Crippen LogP contribution < -0.4 is 25.3 Å². The fourth-order valence-corrected chi connectivity index (χ4v) is 1.79. The maximum absolute atomic E-state index is 11.5. The number of nitrogens with two attached hydrogens (primary N) is 1. The Morgan fingerprint density at radius 1 is 1.47 bits per heavy atom. The summed E-state index contributed by atoms with van der Waals surface area (Å²) in [5, 5.41) is 3.03. The molecule has 0 aliphatic carbocycles. The van der Waals surface area contributed by atoms with E-state index in [1.165, 1.54) is 0 Å². The SMILES string of the molecule is CCNC(C)(COc1ccc2c(c1)OCO2)C(N)=O. The van der Waals surface area contributed by atoms with Crippen molar-refractivity contribution in [1.29, 1.82) is 0 Å². The summed E-state index contributed by atoms with van der Waals surface area (Å²) in [6.45, 7) is 4.61. The van der Waals surface area contributed by atoms with Crippen molar-refractivity contribution < 1.29 is 19.0 Å². The van der Waals surface area contributed by atoms with Crippen molar-refractivity contribution in [2.45, 2.75) is 19.4 Å². The minimum atomic E-state index is -0.898. The van der Waals surface area contributed by atoms with Crippen LogP contribution in [0.25, 0.3) is 0 Å². The Balaban J connectivity index is 2.03. The van der Waals surface area contributed by atoms with E-state index in [1.807, 2.05) is 6.92 Å². The number of amides is 1. The number of carbonyl (C=O) groups is 1. The Labute approximate surface area is 111 Å². The standard InChI is InChI=1S/C13H18N2O4/c1-3-15-13(2,12(14)16)7-17-9-4-5-10-11(6-9)19-8-18-10/h4-6,15H,3,7-8H2,1-2H3,(H2,14,16). The van der Waals surface area contributed by atoms with Crippen LogP contribution in [0.15, 0.2) is 18.2 Å². The summed E-state index contributed by atoms with van der Waals surface area (Å²) >= 11 is 0. The first-order valence-corrected chi connectivity index (χ1v) is 6.12. The highest BCUT2D eigenvalue weighted by Crippen LogP contribution is 2.35. The van der Waals surface area contributed by atoms with Crippen LogP contribution in [0.1, 0.15) is 13.8 Å². The molecule has 104 valence electrons. The smallest absolute Gasteiger partial charge is 0.240 e. The van der Waals surface area contributed by atoms with E-state index in [1.54, 1.807) is 25.1 Å². The first kappa shape index (κ1) is 13.5. The molecule has 0 bridgehead atoms. The monoisotopic (exact) mass is 266 g/mol. The minimum Gasteiger partial charge on any atom is -0.491 e. The molecule has 1 unspecified atom stereocenters. The van der Waals surface area contributed by atoms with Crippen LogP contribution in [-0.2, 0) is 4.79 Å². The maximum Gasteiger partial charge on any atom is 0.240 e. The highest BCUT2D eigenvalue weighted by atomic mass is 16.7. The highest BCUT2D eigenvalue weighted by molar-refractivity contribution is 5.84. The normalized spacial score (nSPS) is 15.9. The molecule has 1 aliphatic heterocycles. The summed E-state index contributed by atoms with van der Waals surface area (Å²) in [5.41, 5.74) is 4.49. The van der Waals surface area contributed by atoms with Gasteiger partial charge in [-0.1, -0.05) is 6.92 Å². The topological polar surface area (TPSA) is 82.8 Å². The molecule has 1 atom stereocenters. The van der Waals surface area contributed by atoms with E-state index in [4.69, 9.17) is 19.9 Å². The van der Waals surface area contributed by atoms with Crippen molar-refractivity contribution in [3.8, 4) is 17.2 Å². The van der Waals surface area contributed by atoms with Crippen molar-refractivity contribution >= 4 is 5.91 Å². The molecule has 1 aromatic carbocycles. The third-order valence-electron chi connectivity index (χ3n) is 2.98. The first-order chi connectivity index (χ1) is 9.05. The van der Waals surface area contributed by atoms with Gasteiger partial charge in [0.25, 0.3) is 0 Å². The Hall–Kier alpha value is -1.95. The first-order valence-electron chi connectivity index (χ1n) is 6.12. The molecule has 2 rings (SSSR count). The quantitative estimate of drug-likeness (QED) is 0.790. The fourth-order valence-electron chi connectivity index (χ4n) is 1.79. The second-order valence-electron chi connectivity index (χ2n) is 4.53. The van der Waals surface area contributed by atoms with Gasteiger partial charge in [0, 0.05) is 6.07 Å². The molecular weight excluding hydrogens is 248 g/mol. The molecule has 6 heteroatoms. The summed E-state index contributed by atoms with van der Waals surface area (Å²) in [6.07, 6.45) is 0. The average molecular weight is 266 g/mol. The van der Waals surface area contributed by atoms with Gasteiger partial charge in [-0.15, -0.1) is 0 Å². The van der Waals surface area contributed by atoms with E-state index in [-0.39, 0.29) is 13.4 Å². The predicted octanol–water partition coefficient (Wildman–Crippen LogP) is 0.648. The van der Waals surface area contributed by atoms with Crippen LogP contribution >= 0.6 is 0 Å². The van der Waals surface area contributed by atoms with Crippen LogP contribution in [0, 0.1) is 0 Å². The molecule has 19 heavy (non-hydrogen) atoms. The molecule has 0 radical (unpaired) electrons. The summed E-state index contributed by atoms with van der Waals surface area (Å²) in [6, 6.07) is 5.27. The summed E-state index contributed by atoms with van der Waals surface area (Å²) in [7, 11) is 0. The Morgan fingerprint density at radius 3 is 2.89 bits per heavy atom. The number of benzene rings is 1. The number of fused-ring (bicyclic) bond motifs is 1. The highest BCUT2D eigenvalue weighted by Gasteiger charge is 2.31.